The average Bonchev–Trinajstić information content (AvgIpc) is 2.92. The highest BCUT2D eigenvalue weighted by Gasteiger charge is 2.18. The minimum atomic E-state index is 0.165. The molecule has 90 valence electrons. The maximum absolute atomic E-state index is 8.53. The van der Waals surface area contributed by atoms with Crippen molar-refractivity contribution < 1.29 is 0 Å². The molecule has 2 aromatic heterocycles. The van der Waals surface area contributed by atoms with Crippen LogP contribution in [0.25, 0.3) is 10.2 Å². The van der Waals surface area contributed by atoms with Crippen LogP contribution >= 0.6 is 11.3 Å². The summed E-state index contributed by atoms with van der Waals surface area (Å²) >= 11 is 1.39. The fourth-order valence-corrected chi connectivity index (χ4v) is 3.29. The number of pyridine rings is 1. The van der Waals surface area contributed by atoms with Crippen LogP contribution in [0, 0.1) is 11.5 Å². The van der Waals surface area contributed by atoms with Crippen LogP contribution in [0.4, 0.5) is 5.69 Å². The third kappa shape index (κ3) is 1.52. The van der Waals surface area contributed by atoms with Gasteiger partial charge in [0.15, 0.2) is 5.84 Å². The summed E-state index contributed by atoms with van der Waals surface area (Å²) < 4.78 is 0. The SMILES string of the molecule is N#CN=C(N)c1sc2nc3c(cc2c1N)CCC3. The first-order valence-electron chi connectivity index (χ1n) is 5.64. The number of aromatic nitrogens is 1. The van der Waals surface area contributed by atoms with E-state index in [2.05, 4.69) is 16.0 Å². The number of nitrogens with zero attached hydrogens (tertiary/aromatic N) is 3. The Morgan fingerprint density at radius 3 is 3.11 bits per heavy atom. The molecule has 3 rings (SSSR count). The Labute approximate surface area is 108 Å². The molecule has 1 aliphatic rings. The summed E-state index contributed by atoms with van der Waals surface area (Å²) in [7, 11) is 0. The smallest absolute Gasteiger partial charge is 0.207 e. The third-order valence-corrected chi connectivity index (χ3v) is 4.29. The van der Waals surface area contributed by atoms with E-state index in [-0.39, 0.29) is 5.84 Å². The minimum absolute atomic E-state index is 0.165. The first-order valence-corrected chi connectivity index (χ1v) is 6.45. The number of rotatable bonds is 1. The van der Waals surface area contributed by atoms with Gasteiger partial charge in [0.1, 0.15) is 4.83 Å². The zero-order valence-electron chi connectivity index (χ0n) is 9.60. The van der Waals surface area contributed by atoms with Gasteiger partial charge in [0, 0.05) is 11.1 Å². The van der Waals surface area contributed by atoms with Crippen LogP contribution in [0.5, 0.6) is 0 Å². The summed E-state index contributed by atoms with van der Waals surface area (Å²) in [5.74, 6) is 0.165. The Hall–Kier alpha value is -2.13. The number of hydrogen-bond acceptors (Lipinski definition) is 5. The highest BCUT2D eigenvalue weighted by molar-refractivity contribution is 7.21. The minimum Gasteiger partial charge on any atom is -0.397 e. The Morgan fingerprint density at radius 2 is 2.33 bits per heavy atom. The summed E-state index contributed by atoms with van der Waals surface area (Å²) in [4.78, 5) is 9.67. The second-order valence-corrected chi connectivity index (χ2v) is 5.24. The molecule has 2 aromatic rings. The van der Waals surface area contributed by atoms with E-state index in [4.69, 9.17) is 16.7 Å². The molecular weight excluding hydrogens is 246 g/mol. The number of aryl methyl sites for hydroxylation is 2. The van der Waals surface area contributed by atoms with Gasteiger partial charge in [0.2, 0.25) is 6.19 Å². The Morgan fingerprint density at radius 1 is 1.50 bits per heavy atom. The molecule has 0 aliphatic heterocycles. The van der Waals surface area contributed by atoms with Gasteiger partial charge in [-0.3, -0.25) is 0 Å². The van der Waals surface area contributed by atoms with Crippen molar-refractivity contribution in [2.75, 3.05) is 5.73 Å². The molecule has 18 heavy (non-hydrogen) atoms. The monoisotopic (exact) mass is 257 g/mol. The Bertz CT molecular complexity index is 707. The summed E-state index contributed by atoms with van der Waals surface area (Å²) in [6.07, 6.45) is 4.92. The molecule has 0 aromatic carbocycles. The molecule has 0 atom stereocenters. The van der Waals surface area contributed by atoms with Gasteiger partial charge in [-0.05, 0) is 30.9 Å². The molecule has 1 aliphatic carbocycles. The van der Waals surface area contributed by atoms with Crippen LogP contribution in [-0.4, -0.2) is 10.8 Å². The third-order valence-electron chi connectivity index (χ3n) is 3.15. The number of amidine groups is 1. The molecule has 0 unspecified atom stereocenters. The van der Waals surface area contributed by atoms with Crippen LogP contribution in [-0.2, 0) is 12.8 Å². The molecule has 0 bridgehead atoms. The van der Waals surface area contributed by atoms with E-state index < -0.39 is 0 Å². The number of nitrogens with two attached hydrogens (primary N) is 2. The second-order valence-electron chi connectivity index (χ2n) is 4.24. The number of thiophene rings is 1. The van der Waals surface area contributed by atoms with Crippen molar-refractivity contribution in [2.45, 2.75) is 19.3 Å². The molecular formula is C12H11N5S. The fourth-order valence-electron chi connectivity index (χ4n) is 2.29. The quantitative estimate of drug-likeness (QED) is 0.459. The standard InChI is InChI=1S/C12H11N5S/c13-5-16-11(15)10-9(14)7-4-6-2-1-3-8(6)17-12(7)18-10/h4H,1-3,14H2,(H2,15,16). The largest absolute Gasteiger partial charge is 0.397 e. The lowest BCUT2D eigenvalue weighted by atomic mass is 10.1. The average molecular weight is 257 g/mol. The highest BCUT2D eigenvalue weighted by Crippen LogP contribution is 2.35. The van der Waals surface area contributed by atoms with Gasteiger partial charge in [-0.2, -0.15) is 10.3 Å². The molecule has 0 fully saturated rings. The van der Waals surface area contributed by atoms with Crippen LogP contribution in [0.1, 0.15) is 22.6 Å². The normalized spacial score (nSPS) is 14.7. The summed E-state index contributed by atoms with van der Waals surface area (Å²) in [5, 5.41) is 9.45. The second kappa shape index (κ2) is 3.96. The van der Waals surface area contributed by atoms with Gasteiger partial charge in [0.25, 0.3) is 0 Å². The maximum atomic E-state index is 8.53. The topological polar surface area (TPSA) is 101 Å². The Balaban J connectivity index is 2.24. The predicted molar refractivity (Wildman–Crippen MR) is 72.4 cm³/mol. The molecule has 0 spiro atoms. The van der Waals surface area contributed by atoms with Gasteiger partial charge < -0.3 is 11.5 Å². The summed E-state index contributed by atoms with van der Waals surface area (Å²) in [6.45, 7) is 0. The van der Waals surface area contributed by atoms with Gasteiger partial charge in [-0.15, -0.1) is 11.3 Å². The summed E-state index contributed by atoms with van der Waals surface area (Å²) in [5.41, 5.74) is 14.8. The van der Waals surface area contributed by atoms with Gasteiger partial charge in [-0.25, -0.2) is 4.98 Å². The van der Waals surface area contributed by atoms with Crippen molar-refractivity contribution in [2.24, 2.45) is 10.7 Å². The molecule has 0 radical (unpaired) electrons. The zero-order chi connectivity index (χ0) is 12.7. The lowest BCUT2D eigenvalue weighted by Crippen LogP contribution is -2.12. The zero-order valence-corrected chi connectivity index (χ0v) is 10.4. The van der Waals surface area contributed by atoms with Crippen molar-refractivity contribution in [1.82, 2.24) is 4.98 Å². The first-order chi connectivity index (χ1) is 8.70. The number of nitriles is 1. The number of anilines is 1. The Kier molecular flexibility index (Phi) is 2.42. The van der Waals surface area contributed by atoms with Crippen molar-refractivity contribution in [3.63, 3.8) is 0 Å². The number of fused-ring (bicyclic) bond motifs is 2. The number of hydrogen-bond donors (Lipinski definition) is 2. The van der Waals surface area contributed by atoms with Gasteiger partial charge >= 0.3 is 0 Å². The summed E-state index contributed by atoms with van der Waals surface area (Å²) in [6, 6.07) is 2.10. The van der Waals surface area contributed by atoms with Crippen LogP contribution in [0.2, 0.25) is 0 Å². The van der Waals surface area contributed by atoms with E-state index in [1.165, 1.54) is 16.9 Å². The van der Waals surface area contributed by atoms with Crippen LogP contribution < -0.4 is 11.5 Å². The van der Waals surface area contributed by atoms with Gasteiger partial charge in [-0.1, -0.05) is 0 Å². The number of nitrogen functional groups attached to an aromatic ring is 1. The molecule has 4 N–H and O–H groups in total. The van der Waals surface area contributed by atoms with Crippen molar-refractivity contribution in [3.8, 4) is 6.19 Å². The van der Waals surface area contributed by atoms with E-state index in [1.807, 2.05) is 0 Å². The van der Waals surface area contributed by atoms with E-state index in [0.717, 1.165) is 35.2 Å². The lowest BCUT2D eigenvalue weighted by molar-refractivity contribution is 0.901. The molecule has 0 saturated heterocycles. The van der Waals surface area contributed by atoms with Crippen molar-refractivity contribution in [3.05, 3.63) is 22.2 Å². The van der Waals surface area contributed by atoms with Gasteiger partial charge in [0.05, 0.1) is 10.6 Å². The van der Waals surface area contributed by atoms with E-state index in [1.54, 1.807) is 6.19 Å². The van der Waals surface area contributed by atoms with E-state index >= 15 is 0 Å². The maximum Gasteiger partial charge on any atom is 0.207 e. The lowest BCUT2D eigenvalue weighted by Gasteiger charge is -1.98. The number of aliphatic imine (C=N–C) groups is 1. The van der Waals surface area contributed by atoms with Crippen LogP contribution in [0.3, 0.4) is 0 Å². The van der Waals surface area contributed by atoms with Crippen LogP contribution in [0.15, 0.2) is 11.1 Å². The predicted octanol–water partition coefficient (Wildman–Crippen LogP) is 1.55. The van der Waals surface area contributed by atoms with Crippen molar-refractivity contribution in [1.29, 1.82) is 5.26 Å². The van der Waals surface area contributed by atoms with E-state index in [9.17, 15) is 0 Å². The highest BCUT2D eigenvalue weighted by atomic mass is 32.1. The molecule has 5 nitrogen and oxygen atoms in total. The first kappa shape index (κ1) is 11.0. The molecule has 6 heteroatoms. The fraction of sp³-hybridized carbons (Fsp3) is 0.250. The van der Waals surface area contributed by atoms with Crippen molar-refractivity contribution >= 4 is 33.1 Å². The van der Waals surface area contributed by atoms with E-state index in [0.29, 0.717) is 10.6 Å². The molecule has 0 saturated carbocycles. The molecule has 0 amide bonds. The molecule has 2 heterocycles.